The Kier molecular flexibility index (Phi) is 3.50. The van der Waals surface area contributed by atoms with Crippen LogP contribution in [0.15, 0.2) is 18.2 Å². The number of benzene rings is 1. The van der Waals surface area contributed by atoms with Crippen LogP contribution in [0, 0.1) is 0 Å². The van der Waals surface area contributed by atoms with Crippen molar-refractivity contribution in [3.63, 3.8) is 0 Å². The summed E-state index contributed by atoms with van der Waals surface area (Å²) in [6, 6.07) is 5.13. The van der Waals surface area contributed by atoms with E-state index in [9.17, 15) is 9.59 Å². The number of amides is 1. The molecule has 1 aromatic carbocycles. The Morgan fingerprint density at radius 1 is 1.39 bits per heavy atom. The molecule has 1 aliphatic heterocycles. The van der Waals surface area contributed by atoms with Gasteiger partial charge in [0.25, 0.3) is 0 Å². The van der Waals surface area contributed by atoms with Gasteiger partial charge in [-0.15, -0.1) is 0 Å². The zero-order chi connectivity index (χ0) is 13.1. The molecule has 0 atom stereocenters. The Morgan fingerprint density at radius 2 is 2.17 bits per heavy atom. The molecule has 0 saturated heterocycles. The number of ether oxygens (including phenoxy) is 2. The smallest absolute Gasteiger partial charge is 0.337 e. The van der Waals surface area contributed by atoms with Crippen molar-refractivity contribution in [1.29, 1.82) is 0 Å². The maximum absolute atomic E-state index is 11.4. The van der Waals surface area contributed by atoms with E-state index >= 15 is 0 Å². The zero-order valence-electron chi connectivity index (χ0n) is 10.4. The molecule has 5 nitrogen and oxygen atoms in total. The highest BCUT2D eigenvalue weighted by atomic mass is 16.5. The molecule has 0 aromatic heterocycles. The monoisotopic (exact) mass is 249 g/mol. The molecule has 0 unspecified atom stereocenters. The number of carbonyl (C=O) groups is 2. The molecule has 0 N–H and O–H groups in total. The summed E-state index contributed by atoms with van der Waals surface area (Å²) in [6.07, 6.45) is 0. The molecule has 0 saturated carbocycles. The molecule has 2 rings (SSSR count). The van der Waals surface area contributed by atoms with Gasteiger partial charge in [0, 0.05) is 19.0 Å². The SMILES string of the molecule is COC(=O)c1ccc2c(c1)OCCN(C(C)=O)C2. The molecule has 0 aliphatic carbocycles. The Morgan fingerprint density at radius 3 is 2.83 bits per heavy atom. The summed E-state index contributed by atoms with van der Waals surface area (Å²) in [6.45, 7) is 3.02. The van der Waals surface area contributed by atoms with Gasteiger partial charge in [0.2, 0.25) is 5.91 Å². The van der Waals surface area contributed by atoms with Gasteiger partial charge in [-0.3, -0.25) is 4.79 Å². The summed E-state index contributed by atoms with van der Waals surface area (Å²) in [5.41, 5.74) is 1.35. The summed E-state index contributed by atoms with van der Waals surface area (Å²) < 4.78 is 10.2. The molecule has 1 aliphatic rings. The molecule has 1 aromatic rings. The lowest BCUT2D eigenvalue weighted by Gasteiger charge is -2.17. The summed E-state index contributed by atoms with van der Waals surface area (Å²) >= 11 is 0. The minimum absolute atomic E-state index is 0.0171. The summed E-state index contributed by atoms with van der Waals surface area (Å²) in [5, 5.41) is 0. The highest BCUT2D eigenvalue weighted by Gasteiger charge is 2.18. The number of methoxy groups -OCH3 is 1. The first-order valence-electron chi connectivity index (χ1n) is 5.71. The summed E-state index contributed by atoms with van der Waals surface area (Å²) in [4.78, 5) is 24.5. The first-order chi connectivity index (χ1) is 8.61. The van der Waals surface area contributed by atoms with Crippen molar-refractivity contribution < 1.29 is 19.1 Å². The number of fused-ring (bicyclic) bond motifs is 1. The number of esters is 1. The predicted molar refractivity (Wildman–Crippen MR) is 64.4 cm³/mol. The van der Waals surface area contributed by atoms with Crippen molar-refractivity contribution in [3.05, 3.63) is 29.3 Å². The highest BCUT2D eigenvalue weighted by Crippen LogP contribution is 2.24. The second-order valence-corrected chi connectivity index (χ2v) is 4.10. The number of rotatable bonds is 1. The second kappa shape index (κ2) is 5.08. The topological polar surface area (TPSA) is 55.8 Å². The standard InChI is InChI=1S/C13H15NO4/c1-9(15)14-5-6-18-12-7-10(13(16)17-2)3-4-11(12)8-14/h3-4,7H,5-6,8H2,1-2H3. The van der Waals surface area contributed by atoms with Crippen LogP contribution >= 0.6 is 0 Å². The predicted octanol–water partition coefficient (Wildman–Crippen LogP) is 1.21. The molecule has 0 fully saturated rings. The van der Waals surface area contributed by atoms with E-state index in [-0.39, 0.29) is 5.91 Å². The fourth-order valence-electron chi connectivity index (χ4n) is 1.88. The third-order valence-corrected chi connectivity index (χ3v) is 2.91. The lowest BCUT2D eigenvalue weighted by Crippen LogP contribution is -2.30. The third kappa shape index (κ3) is 2.45. The van der Waals surface area contributed by atoms with Crippen LogP contribution in [-0.2, 0) is 16.1 Å². The van der Waals surface area contributed by atoms with Crippen molar-refractivity contribution in [2.75, 3.05) is 20.3 Å². The van der Waals surface area contributed by atoms with Crippen LogP contribution in [0.2, 0.25) is 0 Å². The van der Waals surface area contributed by atoms with Gasteiger partial charge in [0.1, 0.15) is 12.4 Å². The van der Waals surface area contributed by atoms with Gasteiger partial charge in [-0.05, 0) is 12.1 Å². The largest absolute Gasteiger partial charge is 0.491 e. The molecule has 5 heteroatoms. The Hall–Kier alpha value is -2.04. The lowest BCUT2D eigenvalue weighted by molar-refractivity contribution is -0.129. The van der Waals surface area contributed by atoms with Crippen LogP contribution in [0.5, 0.6) is 5.75 Å². The maximum atomic E-state index is 11.4. The quantitative estimate of drug-likeness (QED) is 0.702. The average molecular weight is 249 g/mol. The van der Waals surface area contributed by atoms with Crippen molar-refractivity contribution in [2.45, 2.75) is 13.5 Å². The fourth-order valence-corrected chi connectivity index (χ4v) is 1.88. The molecular formula is C13H15NO4. The van der Waals surface area contributed by atoms with Crippen LogP contribution in [0.25, 0.3) is 0 Å². The van der Waals surface area contributed by atoms with E-state index in [0.29, 0.717) is 31.0 Å². The van der Waals surface area contributed by atoms with Crippen molar-refractivity contribution in [2.24, 2.45) is 0 Å². The Labute approximate surface area is 105 Å². The van der Waals surface area contributed by atoms with Crippen molar-refractivity contribution in [3.8, 4) is 5.75 Å². The van der Waals surface area contributed by atoms with Crippen molar-refractivity contribution in [1.82, 2.24) is 4.90 Å². The first-order valence-corrected chi connectivity index (χ1v) is 5.71. The van der Waals surface area contributed by atoms with E-state index < -0.39 is 5.97 Å². The number of hydrogen-bond acceptors (Lipinski definition) is 4. The van der Waals surface area contributed by atoms with E-state index in [4.69, 9.17) is 4.74 Å². The van der Waals surface area contributed by atoms with Crippen molar-refractivity contribution >= 4 is 11.9 Å². The minimum atomic E-state index is -0.394. The van der Waals surface area contributed by atoms with E-state index in [2.05, 4.69) is 4.74 Å². The summed E-state index contributed by atoms with van der Waals surface area (Å²) in [5.74, 6) is 0.263. The van der Waals surface area contributed by atoms with Gasteiger partial charge in [-0.1, -0.05) is 6.07 Å². The van der Waals surface area contributed by atoms with Crippen LogP contribution < -0.4 is 4.74 Å². The normalized spacial score (nSPS) is 14.2. The molecule has 0 bridgehead atoms. The number of nitrogens with zero attached hydrogens (tertiary/aromatic N) is 1. The van der Waals surface area contributed by atoms with E-state index in [0.717, 1.165) is 5.56 Å². The average Bonchev–Trinajstić information content (AvgIpc) is 2.58. The van der Waals surface area contributed by atoms with Gasteiger partial charge >= 0.3 is 5.97 Å². The van der Waals surface area contributed by atoms with E-state index in [1.54, 1.807) is 23.1 Å². The first kappa shape index (κ1) is 12.4. The van der Waals surface area contributed by atoms with E-state index in [1.807, 2.05) is 0 Å². The van der Waals surface area contributed by atoms with Gasteiger partial charge < -0.3 is 14.4 Å². The fraction of sp³-hybridized carbons (Fsp3) is 0.385. The third-order valence-electron chi connectivity index (χ3n) is 2.91. The molecule has 0 spiro atoms. The minimum Gasteiger partial charge on any atom is -0.491 e. The van der Waals surface area contributed by atoms with Crippen LogP contribution in [-0.4, -0.2) is 37.0 Å². The molecule has 18 heavy (non-hydrogen) atoms. The van der Waals surface area contributed by atoms with Crippen LogP contribution in [0.4, 0.5) is 0 Å². The Balaban J connectivity index is 2.29. The van der Waals surface area contributed by atoms with Gasteiger partial charge in [0.05, 0.1) is 19.2 Å². The van der Waals surface area contributed by atoms with Gasteiger partial charge in [0.15, 0.2) is 0 Å². The Bertz CT molecular complexity index is 484. The highest BCUT2D eigenvalue weighted by molar-refractivity contribution is 5.90. The molecule has 1 amide bonds. The maximum Gasteiger partial charge on any atom is 0.337 e. The zero-order valence-corrected chi connectivity index (χ0v) is 10.4. The number of hydrogen-bond donors (Lipinski definition) is 0. The number of carbonyl (C=O) groups excluding carboxylic acids is 2. The van der Waals surface area contributed by atoms with E-state index in [1.165, 1.54) is 14.0 Å². The summed E-state index contributed by atoms with van der Waals surface area (Å²) in [7, 11) is 1.34. The second-order valence-electron chi connectivity index (χ2n) is 4.10. The van der Waals surface area contributed by atoms with Gasteiger partial charge in [-0.2, -0.15) is 0 Å². The molecule has 0 radical (unpaired) electrons. The molecule has 96 valence electrons. The van der Waals surface area contributed by atoms with Crippen LogP contribution in [0.3, 0.4) is 0 Å². The molecular weight excluding hydrogens is 234 g/mol. The lowest BCUT2D eigenvalue weighted by atomic mass is 10.1. The van der Waals surface area contributed by atoms with Gasteiger partial charge in [-0.25, -0.2) is 4.79 Å². The molecule has 1 heterocycles. The van der Waals surface area contributed by atoms with Crippen LogP contribution in [0.1, 0.15) is 22.8 Å².